The van der Waals surface area contributed by atoms with Crippen LogP contribution in [-0.4, -0.2) is 46.7 Å². The van der Waals surface area contributed by atoms with Crippen LogP contribution >= 0.6 is 0 Å². The van der Waals surface area contributed by atoms with Gasteiger partial charge < -0.3 is 10.1 Å². The third-order valence-electron chi connectivity index (χ3n) is 3.11. The average Bonchev–Trinajstić information content (AvgIpc) is 2.64. The molecule has 0 bridgehead atoms. The van der Waals surface area contributed by atoms with E-state index < -0.39 is 9.84 Å². The summed E-state index contributed by atoms with van der Waals surface area (Å²) in [5, 5.41) is 3.38. The van der Waals surface area contributed by atoms with E-state index in [-0.39, 0.29) is 11.2 Å². The summed E-state index contributed by atoms with van der Waals surface area (Å²) in [6.45, 7) is 5.44. The molecule has 4 nitrogen and oxygen atoms in total. The summed E-state index contributed by atoms with van der Waals surface area (Å²) >= 11 is 0. The van der Waals surface area contributed by atoms with Gasteiger partial charge in [0.2, 0.25) is 0 Å². The normalized spacial score (nSPS) is 26.1. The molecule has 1 saturated heterocycles. The predicted molar refractivity (Wildman–Crippen MR) is 65.4 cm³/mol. The van der Waals surface area contributed by atoms with Gasteiger partial charge in [0.05, 0.1) is 12.4 Å². The lowest BCUT2D eigenvalue weighted by molar-refractivity contribution is 0.147. The van der Waals surface area contributed by atoms with Crippen molar-refractivity contribution >= 4 is 9.84 Å². The van der Waals surface area contributed by atoms with Gasteiger partial charge in [0.25, 0.3) is 0 Å². The van der Waals surface area contributed by atoms with Crippen molar-refractivity contribution in [3.8, 4) is 0 Å². The molecule has 1 N–H and O–H groups in total. The molecule has 16 heavy (non-hydrogen) atoms. The second-order valence-corrected chi connectivity index (χ2v) is 7.12. The zero-order chi connectivity index (χ0) is 12.1. The molecular weight excluding hydrogens is 226 g/mol. The number of hydrogen-bond acceptors (Lipinski definition) is 4. The van der Waals surface area contributed by atoms with Gasteiger partial charge in [-0.1, -0.05) is 6.92 Å². The topological polar surface area (TPSA) is 55.4 Å². The zero-order valence-corrected chi connectivity index (χ0v) is 11.1. The molecule has 0 amide bonds. The maximum Gasteiger partial charge on any atom is 0.147 e. The highest BCUT2D eigenvalue weighted by Gasteiger charge is 2.34. The molecule has 1 aliphatic heterocycles. The van der Waals surface area contributed by atoms with Crippen LogP contribution in [0.2, 0.25) is 0 Å². The first-order valence-corrected chi connectivity index (χ1v) is 8.00. The molecule has 0 aromatic carbocycles. The Hall–Kier alpha value is -0.130. The summed E-state index contributed by atoms with van der Waals surface area (Å²) in [5.41, 5.74) is 0.0399. The standard InChI is InChI=1S/C11H23NO3S/c1-3-6-12-9-11(4-7-15-10-11)5-8-16(2,13)14/h12H,3-10H2,1-2H3. The van der Waals surface area contributed by atoms with Crippen molar-refractivity contribution in [3.05, 3.63) is 0 Å². The average molecular weight is 249 g/mol. The monoisotopic (exact) mass is 249 g/mol. The number of nitrogens with one attached hydrogen (secondary N) is 1. The van der Waals surface area contributed by atoms with Crippen LogP contribution < -0.4 is 5.32 Å². The molecule has 0 radical (unpaired) electrons. The minimum atomic E-state index is -2.86. The molecular formula is C11H23NO3S. The largest absolute Gasteiger partial charge is 0.381 e. The summed E-state index contributed by atoms with van der Waals surface area (Å²) < 4.78 is 27.8. The minimum Gasteiger partial charge on any atom is -0.381 e. The van der Waals surface area contributed by atoms with E-state index in [1.165, 1.54) is 6.26 Å². The van der Waals surface area contributed by atoms with Crippen LogP contribution in [0.3, 0.4) is 0 Å². The zero-order valence-electron chi connectivity index (χ0n) is 10.3. The fourth-order valence-electron chi connectivity index (χ4n) is 2.01. The molecule has 0 spiro atoms. The lowest BCUT2D eigenvalue weighted by Gasteiger charge is -2.27. The number of rotatable bonds is 7. The Morgan fingerprint density at radius 3 is 2.69 bits per heavy atom. The SMILES string of the molecule is CCCNCC1(CCS(C)(=O)=O)CCOC1. The fraction of sp³-hybridized carbons (Fsp3) is 1.00. The first-order chi connectivity index (χ1) is 7.47. The highest BCUT2D eigenvalue weighted by atomic mass is 32.2. The van der Waals surface area contributed by atoms with Gasteiger partial charge in [-0.25, -0.2) is 8.42 Å². The van der Waals surface area contributed by atoms with Crippen LogP contribution in [0.25, 0.3) is 0 Å². The van der Waals surface area contributed by atoms with Gasteiger partial charge in [0, 0.05) is 24.8 Å². The minimum absolute atomic E-state index is 0.0399. The van der Waals surface area contributed by atoms with Crippen molar-refractivity contribution in [3.63, 3.8) is 0 Å². The van der Waals surface area contributed by atoms with Crippen molar-refractivity contribution in [1.29, 1.82) is 0 Å². The summed E-state index contributed by atoms with van der Waals surface area (Å²) in [5.74, 6) is 0.268. The lowest BCUT2D eigenvalue weighted by Crippen LogP contribution is -2.36. The molecule has 1 rings (SSSR count). The Morgan fingerprint density at radius 2 is 2.19 bits per heavy atom. The Labute approximate surface area is 98.7 Å². The Bertz CT molecular complexity index is 294. The van der Waals surface area contributed by atoms with Crippen molar-refractivity contribution < 1.29 is 13.2 Å². The summed E-state index contributed by atoms with van der Waals surface area (Å²) in [7, 11) is -2.86. The first-order valence-electron chi connectivity index (χ1n) is 5.94. The van der Waals surface area contributed by atoms with E-state index in [2.05, 4.69) is 12.2 Å². The maximum absolute atomic E-state index is 11.2. The quantitative estimate of drug-likeness (QED) is 0.679. The molecule has 1 unspecified atom stereocenters. The third kappa shape index (κ3) is 4.80. The maximum atomic E-state index is 11.2. The van der Waals surface area contributed by atoms with E-state index in [1.54, 1.807) is 0 Å². The Kier molecular flexibility index (Phi) is 5.21. The van der Waals surface area contributed by atoms with Crippen molar-refractivity contribution in [2.45, 2.75) is 26.2 Å². The van der Waals surface area contributed by atoms with E-state index in [0.717, 1.165) is 32.5 Å². The van der Waals surface area contributed by atoms with E-state index in [4.69, 9.17) is 4.74 Å². The van der Waals surface area contributed by atoms with E-state index >= 15 is 0 Å². The second kappa shape index (κ2) is 5.98. The fourth-order valence-corrected chi connectivity index (χ4v) is 2.81. The van der Waals surface area contributed by atoms with Crippen LogP contribution in [0.5, 0.6) is 0 Å². The van der Waals surface area contributed by atoms with Gasteiger partial charge in [-0.15, -0.1) is 0 Å². The van der Waals surface area contributed by atoms with E-state index in [9.17, 15) is 8.42 Å². The molecule has 5 heteroatoms. The Balaban J connectivity index is 2.45. The predicted octanol–water partition coefficient (Wildman–Crippen LogP) is 0.827. The highest BCUT2D eigenvalue weighted by molar-refractivity contribution is 7.90. The van der Waals surface area contributed by atoms with Gasteiger partial charge in [-0.05, 0) is 25.8 Å². The van der Waals surface area contributed by atoms with Crippen LogP contribution in [0.4, 0.5) is 0 Å². The van der Waals surface area contributed by atoms with Crippen molar-refractivity contribution in [1.82, 2.24) is 5.32 Å². The molecule has 96 valence electrons. The van der Waals surface area contributed by atoms with Crippen LogP contribution in [0, 0.1) is 5.41 Å². The first kappa shape index (κ1) is 13.9. The molecule has 0 saturated carbocycles. The van der Waals surface area contributed by atoms with E-state index in [1.807, 2.05) is 0 Å². The van der Waals surface area contributed by atoms with Gasteiger partial charge >= 0.3 is 0 Å². The van der Waals surface area contributed by atoms with Gasteiger partial charge in [0.15, 0.2) is 0 Å². The Morgan fingerprint density at radius 1 is 1.44 bits per heavy atom. The number of ether oxygens (including phenoxy) is 1. The smallest absolute Gasteiger partial charge is 0.147 e. The molecule has 1 aliphatic rings. The van der Waals surface area contributed by atoms with E-state index in [0.29, 0.717) is 13.0 Å². The molecule has 0 aromatic heterocycles. The third-order valence-corrected chi connectivity index (χ3v) is 4.06. The summed E-state index contributed by atoms with van der Waals surface area (Å²) in [4.78, 5) is 0. The summed E-state index contributed by atoms with van der Waals surface area (Å²) in [6.07, 6.45) is 4.08. The van der Waals surface area contributed by atoms with Crippen molar-refractivity contribution in [2.75, 3.05) is 38.3 Å². The molecule has 0 aliphatic carbocycles. The molecule has 1 fully saturated rings. The van der Waals surface area contributed by atoms with Gasteiger partial charge in [-0.3, -0.25) is 0 Å². The highest BCUT2D eigenvalue weighted by Crippen LogP contribution is 2.32. The number of hydrogen-bond donors (Lipinski definition) is 1. The molecule has 1 heterocycles. The van der Waals surface area contributed by atoms with Gasteiger partial charge in [-0.2, -0.15) is 0 Å². The second-order valence-electron chi connectivity index (χ2n) is 4.86. The molecule has 0 aromatic rings. The number of sulfone groups is 1. The van der Waals surface area contributed by atoms with Crippen LogP contribution in [0.1, 0.15) is 26.2 Å². The summed E-state index contributed by atoms with van der Waals surface area (Å²) in [6, 6.07) is 0. The van der Waals surface area contributed by atoms with Crippen LogP contribution in [-0.2, 0) is 14.6 Å². The van der Waals surface area contributed by atoms with Crippen LogP contribution in [0.15, 0.2) is 0 Å². The van der Waals surface area contributed by atoms with Gasteiger partial charge in [0.1, 0.15) is 9.84 Å². The molecule has 1 atom stereocenters. The lowest BCUT2D eigenvalue weighted by atomic mass is 9.84. The van der Waals surface area contributed by atoms with Crippen molar-refractivity contribution in [2.24, 2.45) is 5.41 Å².